The number of urea groups is 1. The van der Waals surface area contributed by atoms with Gasteiger partial charge in [0.25, 0.3) is 0 Å². The van der Waals surface area contributed by atoms with Crippen molar-refractivity contribution in [1.82, 2.24) is 5.32 Å². The largest absolute Gasteiger partial charge is 0.494 e. The highest BCUT2D eigenvalue weighted by molar-refractivity contribution is 6.62. The fourth-order valence-corrected chi connectivity index (χ4v) is 3.53. The Bertz CT molecular complexity index is 672. The predicted octanol–water partition coefficient (Wildman–Crippen LogP) is 3.97. The van der Waals surface area contributed by atoms with Gasteiger partial charge in [-0.1, -0.05) is 31.7 Å². The standard InChI is InChI=1S/C20H30BFN2O3/c1-19(2)20(3,4)27-21(26-19)14-11-12-16(22)17(13-14)24-18(25)23-15-9-7-5-6-8-10-15/h11-13,15H,5-10H2,1-4H3,(H2,23,24,25). The monoisotopic (exact) mass is 376 g/mol. The van der Waals surface area contributed by atoms with Crippen molar-refractivity contribution in [3.05, 3.63) is 24.0 Å². The second-order valence-corrected chi connectivity index (χ2v) is 8.61. The SMILES string of the molecule is CC1(C)OB(c2ccc(F)c(NC(=O)NC3CCCCCC3)c2)OC1(C)C. The van der Waals surface area contributed by atoms with E-state index in [9.17, 15) is 9.18 Å². The minimum atomic E-state index is -0.596. The summed E-state index contributed by atoms with van der Waals surface area (Å²) in [7, 11) is -0.596. The van der Waals surface area contributed by atoms with Gasteiger partial charge in [-0.15, -0.1) is 0 Å². The van der Waals surface area contributed by atoms with Gasteiger partial charge in [0.15, 0.2) is 0 Å². The van der Waals surface area contributed by atoms with Gasteiger partial charge < -0.3 is 19.9 Å². The summed E-state index contributed by atoms with van der Waals surface area (Å²) in [4.78, 5) is 12.3. The van der Waals surface area contributed by atoms with Crippen molar-refractivity contribution >= 4 is 24.3 Å². The number of nitrogens with one attached hydrogen (secondary N) is 2. The number of rotatable bonds is 3. The Morgan fingerprint density at radius 2 is 1.67 bits per heavy atom. The average Bonchev–Trinajstić information content (AvgIpc) is 2.74. The number of benzene rings is 1. The van der Waals surface area contributed by atoms with Gasteiger partial charge in [-0.3, -0.25) is 0 Å². The van der Waals surface area contributed by atoms with E-state index in [0.717, 1.165) is 25.7 Å². The average molecular weight is 376 g/mol. The summed E-state index contributed by atoms with van der Waals surface area (Å²) in [5.41, 5.74) is -0.138. The molecule has 0 unspecified atom stereocenters. The molecule has 2 fully saturated rings. The van der Waals surface area contributed by atoms with Crippen molar-refractivity contribution in [2.24, 2.45) is 0 Å². The maximum Gasteiger partial charge on any atom is 0.494 e. The van der Waals surface area contributed by atoms with Crippen LogP contribution in [0.1, 0.15) is 66.2 Å². The van der Waals surface area contributed by atoms with Gasteiger partial charge in [0.1, 0.15) is 5.82 Å². The Morgan fingerprint density at radius 1 is 1.07 bits per heavy atom. The molecule has 5 nitrogen and oxygen atoms in total. The normalized spacial score (nSPS) is 22.3. The maximum absolute atomic E-state index is 14.2. The summed E-state index contributed by atoms with van der Waals surface area (Å²) in [6, 6.07) is 4.34. The van der Waals surface area contributed by atoms with Gasteiger partial charge >= 0.3 is 13.1 Å². The van der Waals surface area contributed by atoms with E-state index in [2.05, 4.69) is 10.6 Å². The molecule has 2 amide bonds. The van der Waals surface area contributed by atoms with Crippen molar-refractivity contribution in [2.75, 3.05) is 5.32 Å². The van der Waals surface area contributed by atoms with Crippen LogP contribution in [0.25, 0.3) is 0 Å². The van der Waals surface area contributed by atoms with Crippen molar-refractivity contribution in [3.63, 3.8) is 0 Å². The molecule has 7 heteroatoms. The molecule has 148 valence electrons. The van der Waals surface area contributed by atoms with Crippen LogP contribution in [0.5, 0.6) is 0 Å². The van der Waals surface area contributed by atoms with Crippen LogP contribution in [0.3, 0.4) is 0 Å². The van der Waals surface area contributed by atoms with Crippen LogP contribution in [0.2, 0.25) is 0 Å². The predicted molar refractivity (Wildman–Crippen MR) is 106 cm³/mol. The Kier molecular flexibility index (Phi) is 5.82. The summed E-state index contributed by atoms with van der Waals surface area (Å²) in [6.07, 6.45) is 6.62. The summed E-state index contributed by atoms with van der Waals surface area (Å²) in [5, 5.41) is 5.62. The van der Waals surface area contributed by atoms with Crippen LogP contribution >= 0.6 is 0 Å². The molecular formula is C20H30BFN2O3. The number of carbonyl (C=O) groups is 1. The van der Waals surface area contributed by atoms with E-state index in [1.807, 2.05) is 27.7 Å². The lowest BCUT2D eigenvalue weighted by Gasteiger charge is -2.32. The van der Waals surface area contributed by atoms with E-state index in [1.54, 1.807) is 12.1 Å². The third-order valence-electron chi connectivity index (χ3n) is 5.95. The smallest absolute Gasteiger partial charge is 0.399 e. The highest BCUT2D eigenvalue weighted by Gasteiger charge is 2.51. The first-order chi connectivity index (χ1) is 12.7. The summed E-state index contributed by atoms with van der Waals surface area (Å²) < 4.78 is 26.3. The zero-order valence-corrected chi connectivity index (χ0v) is 16.7. The number of anilines is 1. The second kappa shape index (κ2) is 7.80. The van der Waals surface area contributed by atoms with E-state index in [4.69, 9.17) is 9.31 Å². The van der Waals surface area contributed by atoms with E-state index in [1.165, 1.54) is 18.9 Å². The number of hydrogen-bond acceptors (Lipinski definition) is 3. The Hall–Kier alpha value is -1.60. The fourth-order valence-electron chi connectivity index (χ4n) is 3.53. The van der Waals surface area contributed by atoms with E-state index >= 15 is 0 Å². The van der Waals surface area contributed by atoms with Crippen molar-refractivity contribution < 1.29 is 18.5 Å². The number of hydrogen-bond donors (Lipinski definition) is 2. The molecule has 1 heterocycles. The number of amides is 2. The number of carbonyl (C=O) groups excluding carboxylic acids is 1. The lowest BCUT2D eigenvalue weighted by molar-refractivity contribution is 0.00578. The molecule has 27 heavy (non-hydrogen) atoms. The molecule has 1 aliphatic heterocycles. The Labute approximate surface area is 161 Å². The van der Waals surface area contributed by atoms with E-state index < -0.39 is 24.1 Å². The zero-order valence-electron chi connectivity index (χ0n) is 16.7. The van der Waals surface area contributed by atoms with Crippen LogP contribution in [-0.2, 0) is 9.31 Å². The van der Waals surface area contributed by atoms with Gasteiger partial charge in [-0.25, -0.2) is 9.18 Å². The first-order valence-corrected chi connectivity index (χ1v) is 9.90. The van der Waals surface area contributed by atoms with Crippen LogP contribution in [-0.4, -0.2) is 30.4 Å². The van der Waals surface area contributed by atoms with Crippen molar-refractivity contribution in [3.8, 4) is 0 Å². The minimum Gasteiger partial charge on any atom is -0.399 e. The van der Waals surface area contributed by atoms with Gasteiger partial charge in [0, 0.05) is 6.04 Å². The molecule has 0 radical (unpaired) electrons. The highest BCUT2D eigenvalue weighted by Crippen LogP contribution is 2.36. The van der Waals surface area contributed by atoms with Gasteiger partial charge in [0.2, 0.25) is 0 Å². The molecule has 2 aliphatic rings. The Morgan fingerprint density at radius 3 is 2.26 bits per heavy atom. The summed E-state index contributed by atoms with van der Waals surface area (Å²) >= 11 is 0. The summed E-state index contributed by atoms with van der Waals surface area (Å²) in [6.45, 7) is 7.87. The molecule has 1 saturated carbocycles. The van der Waals surface area contributed by atoms with Crippen LogP contribution in [0.15, 0.2) is 18.2 Å². The molecule has 0 aromatic heterocycles. The Balaban J connectivity index is 1.68. The van der Waals surface area contributed by atoms with Crippen molar-refractivity contribution in [1.29, 1.82) is 0 Å². The molecule has 1 aromatic carbocycles. The topological polar surface area (TPSA) is 59.6 Å². The zero-order chi connectivity index (χ0) is 19.7. The number of halogens is 1. The van der Waals surface area contributed by atoms with Gasteiger partial charge in [-0.2, -0.15) is 0 Å². The molecule has 0 spiro atoms. The molecule has 1 aliphatic carbocycles. The molecule has 0 atom stereocenters. The lowest BCUT2D eigenvalue weighted by atomic mass is 9.79. The van der Waals surface area contributed by atoms with Crippen LogP contribution in [0.4, 0.5) is 14.9 Å². The third-order valence-corrected chi connectivity index (χ3v) is 5.95. The first-order valence-electron chi connectivity index (χ1n) is 9.90. The molecule has 3 rings (SSSR count). The highest BCUT2D eigenvalue weighted by atomic mass is 19.1. The first kappa shape index (κ1) is 20.1. The van der Waals surface area contributed by atoms with Crippen LogP contribution in [0, 0.1) is 5.82 Å². The molecule has 2 N–H and O–H groups in total. The quantitative estimate of drug-likeness (QED) is 0.620. The second-order valence-electron chi connectivity index (χ2n) is 8.61. The van der Waals surface area contributed by atoms with Crippen molar-refractivity contribution in [2.45, 2.75) is 83.5 Å². The summed E-state index contributed by atoms with van der Waals surface area (Å²) in [5.74, 6) is -0.480. The fraction of sp³-hybridized carbons (Fsp3) is 0.650. The lowest BCUT2D eigenvalue weighted by Crippen LogP contribution is -2.41. The van der Waals surface area contributed by atoms with E-state index in [-0.39, 0.29) is 17.8 Å². The molecule has 1 saturated heterocycles. The minimum absolute atomic E-state index is 0.133. The van der Waals surface area contributed by atoms with E-state index in [0.29, 0.717) is 5.46 Å². The van der Waals surface area contributed by atoms with Gasteiger partial charge in [-0.05, 0) is 58.1 Å². The molecule has 0 bridgehead atoms. The van der Waals surface area contributed by atoms with Crippen LogP contribution < -0.4 is 16.1 Å². The molecular weight excluding hydrogens is 346 g/mol. The molecule has 1 aromatic rings. The maximum atomic E-state index is 14.2. The third kappa shape index (κ3) is 4.64. The van der Waals surface area contributed by atoms with Gasteiger partial charge in [0.05, 0.1) is 16.9 Å².